The number of hydrogen-bond donors (Lipinski definition) is 1. The molecule has 0 aliphatic carbocycles. The topological polar surface area (TPSA) is 28.7 Å². The summed E-state index contributed by atoms with van der Waals surface area (Å²) >= 11 is 0. The third-order valence-corrected chi connectivity index (χ3v) is 1.29. The van der Waals surface area contributed by atoms with E-state index in [9.17, 15) is 0 Å². The first-order valence-electron chi connectivity index (χ1n) is 5.19. The number of aromatic amines is 1. The Labute approximate surface area is 70.5 Å². The predicted molar refractivity (Wildman–Crippen MR) is 44.0 cm³/mol. The lowest BCUT2D eigenvalue weighted by atomic mass is 10.2. The Morgan fingerprint density at radius 3 is 2.73 bits per heavy atom. The van der Waals surface area contributed by atoms with Gasteiger partial charge in [0, 0.05) is 17.9 Å². The maximum Gasteiger partial charge on any atom is 0.137 e. The Morgan fingerprint density at radius 1 is 1.27 bits per heavy atom. The minimum Gasteiger partial charge on any atom is -0.345 e. The van der Waals surface area contributed by atoms with Gasteiger partial charge in [0.05, 0.1) is 5.48 Å². The SMILES string of the molecule is [2H]c1cccc([2H])c1-c1nc([2H])c([2H])[nH]1. The van der Waals surface area contributed by atoms with E-state index in [1.807, 2.05) is 0 Å². The van der Waals surface area contributed by atoms with Crippen molar-refractivity contribution in [3.05, 3.63) is 42.6 Å². The van der Waals surface area contributed by atoms with Gasteiger partial charge < -0.3 is 4.98 Å². The lowest BCUT2D eigenvalue weighted by Gasteiger charge is -1.92. The van der Waals surface area contributed by atoms with Crippen molar-refractivity contribution in [3.8, 4) is 11.4 Å². The number of nitrogens with zero attached hydrogens (tertiary/aromatic N) is 1. The molecule has 2 rings (SSSR count). The normalized spacial score (nSPS) is 14.9. The Morgan fingerprint density at radius 2 is 2.09 bits per heavy atom. The molecule has 0 saturated carbocycles. The lowest BCUT2D eigenvalue weighted by Crippen LogP contribution is -1.77. The number of rotatable bonds is 1. The van der Waals surface area contributed by atoms with Gasteiger partial charge in [-0.05, 0) is 0 Å². The lowest BCUT2D eigenvalue weighted by molar-refractivity contribution is 1.31. The average Bonchev–Trinajstić information content (AvgIpc) is 2.46. The molecule has 0 radical (unpaired) electrons. The molecule has 0 saturated heterocycles. The second kappa shape index (κ2) is 2.58. The fraction of sp³-hybridized carbons (Fsp3) is 0. The number of imidazole rings is 1. The molecule has 1 aromatic heterocycles. The van der Waals surface area contributed by atoms with E-state index in [4.69, 9.17) is 5.48 Å². The molecule has 1 heterocycles. The number of aromatic nitrogens is 2. The number of H-pyrrole nitrogens is 1. The Hall–Kier alpha value is -1.57. The molecule has 0 spiro atoms. The van der Waals surface area contributed by atoms with Gasteiger partial charge in [-0.3, -0.25) is 0 Å². The van der Waals surface area contributed by atoms with Crippen LogP contribution in [0.1, 0.15) is 5.48 Å². The Kier molecular flexibility index (Phi) is 0.755. The third-order valence-electron chi connectivity index (χ3n) is 1.29. The van der Waals surface area contributed by atoms with E-state index in [1.165, 1.54) is 0 Å². The van der Waals surface area contributed by atoms with Gasteiger partial charge in [-0.15, -0.1) is 0 Å². The van der Waals surface area contributed by atoms with E-state index in [0.717, 1.165) is 0 Å². The first kappa shape index (κ1) is 3.22. The summed E-state index contributed by atoms with van der Waals surface area (Å²) in [6.07, 6.45) is -0.277. The van der Waals surface area contributed by atoms with Crippen LogP contribution in [0.25, 0.3) is 11.4 Å². The van der Waals surface area contributed by atoms with Crippen molar-refractivity contribution in [2.45, 2.75) is 0 Å². The second-order valence-corrected chi connectivity index (χ2v) is 2.01. The summed E-state index contributed by atoms with van der Waals surface area (Å²) in [6, 6.07) is 5.03. The van der Waals surface area contributed by atoms with Gasteiger partial charge in [-0.1, -0.05) is 30.3 Å². The molecule has 0 amide bonds. The second-order valence-electron chi connectivity index (χ2n) is 2.01. The first-order valence-corrected chi connectivity index (χ1v) is 3.19. The molecular weight excluding hydrogens is 136 g/mol. The summed E-state index contributed by atoms with van der Waals surface area (Å²) in [7, 11) is 0. The van der Waals surface area contributed by atoms with Crippen LogP contribution in [0.15, 0.2) is 42.6 Å². The fourth-order valence-corrected chi connectivity index (χ4v) is 0.807. The average molecular weight is 148 g/mol. The van der Waals surface area contributed by atoms with Crippen LogP contribution in [0.4, 0.5) is 0 Å². The predicted octanol–water partition coefficient (Wildman–Crippen LogP) is 2.08. The zero-order valence-electron chi connectivity index (χ0n) is 9.68. The van der Waals surface area contributed by atoms with Crippen LogP contribution in [0.5, 0.6) is 0 Å². The first-order chi connectivity index (χ1) is 7.09. The molecule has 11 heavy (non-hydrogen) atoms. The van der Waals surface area contributed by atoms with Crippen LogP contribution < -0.4 is 0 Å². The third kappa shape index (κ3) is 1.15. The van der Waals surface area contributed by atoms with Crippen molar-refractivity contribution in [3.63, 3.8) is 0 Å². The number of hydrogen-bond acceptors (Lipinski definition) is 1. The molecule has 0 aliphatic rings. The van der Waals surface area contributed by atoms with Gasteiger partial charge >= 0.3 is 0 Å². The van der Waals surface area contributed by atoms with Crippen LogP contribution in [0.2, 0.25) is 0 Å². The van der Waals surface area contributed by atoms with Gasteiger partial charge in [0.2, 0.25) is 0 Å². The maximum atomic E-state index is 7.63. The molecule has 2 aromatic rings. The van der Waals surface area contributed by atoms with Crippen molar-refractivity contribution in [1.82, 2.24) is 9.97 Å². The molecule has 1 N–H and O–H groups in total. The molecule has 0 bridgehead atoms. The monoisotopic (exact) mass is 148 g/mol. The molecule has 0 unspecified atom stereocenters. The smallest absolute Gasteiger partial charge is 0.137 e. The summed E-state index contributed by atoms with van der Waals surface area (Å²) in [5, 5.41) is 0. The molecule has 2 nitrogen and oxygen atoms in total. The molecule has 54 valence electrons. The molecule has 0 atom stereocenters. The highest BCUT2D eigenvalue weighted by atomic mass is 14.9. The maximum absolute atomic E-state index is 7.63. The minimum absolute atomic E-state index is 0.104. The van der Waals surface area contributed by atoms with E-state index in [0.29, 0.717) is 5.56 Å². The van der Waals surface area contributed by atoms with E-state index in [1.54, 1.807) is 18.2 Å². The largest absolute Gasteiger partial charge is 0.345 e. The van der Waals surface area contributed by atoms with Crippen molar-refractivity contribution in [2.24, 2.45) is 0 Å². The van der Waals surface area contributed by atoms with Gasteiger partial charge in [0.15, 0.2) is 0 Å². The van der Waals surface area contributed by atoms with Gasteiger partial charge in [-0.2, -0.15) is 0 Å². The van der Waals surface area contributed by atoms with Crippen LogP contribution >= 0.6 is 0 Å². The number of benzene rings is 1. The quantitative estimate of drug-likeness (QED) is 0.659. The fourth-order valence-electron chi connectivity index (χ4n) is 0.807. The summed E-state index contributed by atoms with van der Waals surface area (Å²) < 4.78 is 29.8. The van der Waals surface area contributed by atoms with Crippen LogP contribution in [0.3, 0.4) is 0 Å². The Balaban J connectivity index is 2.63. The Bertz CT molecular complexity index is 467. The summed E-state index contributed by atoms with van der Waals surface area (Å²) in [6.45, 7) is 0. The molecular formula is C9H8N2. The number of nitrogens with one attached hydrogen (secondary N) is 1. The minimum atomic E-state index is -0.173. The van der Waals surface area contributed by atoms with E-state index in [2.05, 4.69) is 9.97 Å². The zero-order chi connectivity index (χ0) is 11.0. The summed E-state index contributed by atoms with van der Waals surface area (Å²) in [4.78, 5) is 6.36. The van der Waals surface area contributed by atoms with Crippen molar-refractivity contribution in [1.29, 1.82) is 0 Å². The summed E-state index contributed by atoms with van der Waals surface area (Å²) in [5.74, 6) is 0.237. The van der Waals surface area contributed by atoms with Crippen molar-refractivity contribution < 1.29 is 5.48 Å². The highest BCUT2D eigenvalue weighted by Crippen LogP contribution is 2.11. The van der Waals surface area contributed by atoms with Crippen LogP contribution in [-0.2, 0) is 0 Å². The summed E-state index contributed by atoms with van der Waals surface area (Å²) in [5.41, 5.74) is 0.324. The van der Waals surface area contributed by atoms with E-state index < -0.39 is 0 Å². The molecule has 0 aliphatic heterocycles. The highest BCUT2D eigenvalue weighted by Gasteiger charge is 1.94. The molecule has 0 fully saturated rings. The van der Waals surface area contributed by atoms with Crippen molar-refractivity contribution >= 4 is 0 Å². The van der Waals surface area contributed by atoms with Crippen molar-refractivity contribution in [2.75, 3.05) is 0 Å². The van der Waals surface area contributed by atoms with Gasteiger partial charge in [-0.25, -0.2) is 4.98 Å². The van der Waals surface area contributed by atoms with E-state index >= 15 is 0 Å². The highest BCUT2D eigenvalue weighted by molar-refractivity contribution is 5.53. The zero-order valence-corrected chi connectivity index (χ0v) is 5.68. The van der Waals surface area contributed by atoms with Gasteiger partial charge in [0.1, 0.15) is 5.82 Å². The van der Waals surface area contributed by atoms with E-state index in [-0.39, 0.29) is 30.3 Å². The standard InChI is InChI=1S/C9H8N2/c1-2-4-8(5-3-1)9-10-6-7-11-9/h1-7H,(H,10,11)/i4D,5D,6D,7D. The van der Waals surface area contributed by atoms with Crippen LogP contribution in [0, 0.1) is 0 Å². The van der Waals surface area contributed by atoms with Gasteiger partial charge in [0.25, 0.3) is 0 Å². The molecule has 2 heteroatoms. The van der Waals surface area contributed by atoms with Crippen LogP contribution in [-0.4, -0.2) is 9.97 Å². The molecule has 1 aromatic carbocycles.